The van der Waals surface area contributed by atoms with Gasteiger partial charge in [-0.3, -0.25) is 0 Å². The summed E-state index contributed by atoms with van der Waals surface area (Å²) in [5.41, 5.74) is 0. The minimum atomic E-state index is -3.61. The van der Waals surface area contributed by atoms with Gasteiger partial charge in [0.15, 0.2) is 0 Å². The molecule has 0 heterocycles. The maximum atomic E-state index is 10.4. The molecule has 0 spiro atoms. The molecule has 0 aromatic carbocycles. The minimum Gasteiger partial charge on any atom is -0.380 e. The van der Waals surface area contributed by atoms with Crippen LogP contribution >= 0.6 is 10.7 Å². The average Bonchev–Trinajstić information content (AvgIpc) is 1.79. The van der Waals surface area contributed by atoms with Gasteiger partial charge in [0, 0.05) is 23.3 Å². The summed E-state index contributed by atoms with van der Waals surface area (Å²) in [4.78, 5) is 0. The van der Waals surface area contributed by atoms with Crippen molar-refractivity contribution in [2.45, 2.75) is 19.9 Å². The lowest BCUT2D eigenvalue weighted by molar-refractivity contribution is 0.133. The van der Waals surface area contributed by atoms with Gasteiger partial charge in [0.25, 0.3) is 9.24 Å². The smallest absolute Gasteiger partial charge is 0.297 e. The molecule has 0 aliphatic heterocycles. The molecule has 1 atom stereocenters. The third kappa shape index (κ3) is 8.06. The van der Waals surface area contributed by atoms with Crippen molar-refractivity contribution in [1.82, 2.24) is 4.72 Å². The van der Waals surface area contributed by atoms with Crippen molar-refractivity contribution >= 4 is 19.9 Å². The van der Waals surface area contributed by atoms with Crippen LogP contribution in [0.3, 0.4) is 0 Å². The third-order valence-corrected chi connectivity index (χ3v) is 1.87. The molecule has 0 aromatic rings. The summed E-state index contributed by atoms with van der Waals surface area (Å²) in [5, 5.41) is 0. The number of hydrogen-bond donors (Lipinski definition) is 1. The van der Waals surface area contributed by atoms with Crippen LogP contribution in [0.4, 0.5) is 0 Å². The molecule has 0 aliphatic rings. The number of rotatable bonds is 5. The second kappa shape index (κ2) is 4.92. The van der Waals surface area contributed by atoms with E-state index in [0.29, 0.717) is 13.2 Å². The SMILES string of the molecule is CCOCC(C)NS(=O)(=O)Cl. The molecule has 0 amide bonds. The largest absolute Gasteiger partial charge is 0.380 e. The van der Waals surface area contributed by atoms with Crippen LogP contribution in [0.1, 0.15) is 13.8 Å². The summed E-state index contributed by atoms with van der Waals surface area (Å²) in [6.45, 7) is 4.41. The Balaban J connectivity index is 3.61. The predicted molar refractivity (Wildman–Crippen MR) is 43.9 cm³/mol. The van der Waals surface area contributed by atoms with Crippen LogP contribution in [0.5, 0.6) is 0 Å². The van der Waals surface area contributed by atoms with Crippen LogP contribution in [-0.4, -0.2) is 27.7 Å². The summed E-state index contributed by atoms with van der Waals surface area (Å²) < 4.78 is 27.9. The van der Waals surface area contributed by atoms with Gasteiger partial charge in [0.2, 0.25) is 0 Å². The van der Waals surface area contributed by atoms with E-state index in [1.165, 1.54) is 0 Å². The number of hydrogen-bond acceptors (Lipinski definition) is 3. The molecule has 0 fully saturated rings. The van der Waals surface area contributed by atoms with E-state index in [1.807, 2.05) is 6.92 Å². The zero-order valence-corrected chi connectivity index (χ0v) is 8.07. The van der Waals surface area contributed by atoms with Crippen LogP contribution in [0.25, 0.3) is 0 Å². The Morgan fingerprint density at radius 2 is 2.18 bits per heavy atom. The van der Waals surface area contributed by atoms with Gasteiger partial charge in [-0.15, -0.1) is 0 Å². The lowest BCUT2D eigenvalue weighted by atomic mass is 10.4. The molecule has 4 nitrogen and oxygen atoms in total. The lowest BCUT2D eigenvalue weighted by Crippen LogP contribution is -2.32. The van der Waals surface area contributed by atoms with E-state index < -0.39 is 9.24 Å². The van der Waals surface area contributed by atoms with E-state index in [2.05, 4.69) is 4.72 Å². The molecule has 0 aliphatic carbocycles. The summed E-state index contributed by atoms with van der Waals surface area (Å²) in [7, 11) is 1.30. The molecule has 0 bridgehead atoms. The standard InChI is InChI=1S/C5H12ClNO3S/c1-3-10-4-5(2)7-11(6,8)9/h5,7H,3-4H2,1-2H3. The van der Waals surface area contributed by atoms with Gasteiger partial charge < -0.3 is 4.74 Å². The Hall–Kier alpha value is 0.160. The van der Waals surface area contributed by atoms with Crippen LogP contribution in [0.2, 0.25) is 0 Å². The van der Waals surface area contributed by atoms with Gasteiger partial charge in [0.1, 0.15) is 0 Å². The molecule has 11 heavy (non-hydrogen) atoms. The Labute approximate surface area is 71.4 Å². The average molecular weight is 202 g/mol. The van der Waals surface area contributed by atoms with E-state index in [-0.39, 0.29) is 6.04 Å². The van der Waals surface area contributed by atoms with E-state index in [1.54, 1.807) is 6.92 Å². The van der Waals surface area contributed by atoms with Gasteiger partial charge in [-0.2, -0.15) is 13.1 Å². The normalized spacial score (nSPS) is 14.8. The molecule has 0 radical (unpaired) electrons. The second-order valence-corrected chi connectivity index (χ2v) is 4.45. The van der Waals surface area contributed by atoms with Crippen molar-refractivity contribution in [3.05, 3.63) is 0 Å². The maximum Gasteiger partial charge on any atom is 0.297 e. The maximum absolute atomic E-state index is 10.4. The van der Waals surface area contributed by atoms with Gasteiger partial charge in [-0.05, 0) is 13.8 Å². The quantitative estimate of drug-likeness (QED) is 0.659. The number of nitrogens with one attached hydrogen (secondary N) is 1. The van der Waals surface area contributed by atoms with Crippen molar-refractivity contribution in [2.75, 3.05) is 13.2 Å². The first-order valence-electron chi connectivity index (χ1n) is 3.25. The molecular formula is C5H12ClNO3S. The highest BCUT2D eigenvalue weighted by atomic mass is 35.7. The van der Waals surface area contributed by atoms with Gasteiger partial charge in [0.05, 0.1) is 6.61 Å². The van der Waals surface area contributed by atoms with Crippen molar-refractivity contribution in [1.29, 1.82) is 0 Å². The molecular weight excluding hydrogens is 190 g/mol. The fourth-order valence-electron chi connectivity index (χ4n) is 0.569. The third-order valence-electron chi connectivity index (χ3n) is 0.914. The highest BCUT2D eigenvalue weighted by molar-refractivity contribution is 8.12. The Bertz CT molecular complexity index is 192. The van der Waals surface area contributed by atoms with Crippen LogP contribution in [0, 0.1) is 0 Å². The predicted octanol–water partition coefficient (Wildman–Crippen LogP) is 0.485. The lowest BCUT2D eigenvalue weighted by Gasteiger charge is -2.09. The first kappa shape index (κ1) is 11.2. The molecule has 0 saturated carbocycles. The molecule has 0 aromatic heterocycles. The van der Waals surface area contributed by atoms with E-state index in [9.17, 15) is 8.42 Å². The second-order valence-electron chi connectivity index (χ2n) is 2.12. The zero-order chi connectivity index (χ0) is 8.91. The fourth-order valence-corrected chi connectivity index (χ4v) is 1.57. The van der Waals surface area contributed by atoms with Crippen molar-refractivity contribution < 1.29 is 13.2 Å². The Morgan fingerprint density at radius 1 is 1.64 bits per heavy atom. The minimum absolute atomic E-state index is 0.280. The molecule has 0 rings (SSSR count). The van der Waals surface area contributed by atoms with E-state index >= 15 is 0 Å². The summed E-state index contributed by atoms with van der Waals surface area (Å²) >= 11 is 0. The first-order chi connectivity index (χ1) is 4.95. The van der Waals surface area contributed by atoms with E-state index in [4.69, 9.17) is 15.4 Å². The fraction of sp³-hybridized carbons (Fsp3) is 1.00. The topological polar surface area (TPSA) is 55.4 Å². The van der Waals surface area contributed by atoms with Crippen LogP contribution < -0.4 is 4.72 Å². The summed E-state index contributed by atoms with van der Waals surface area (Å²) in [5.74, 6) is 0. The van der Waals surface area contributed by atoms with Crippen LogP contribution in [0.15, 0.2) is 0 Å². The van der Waals surface area contributed by atoms with Crippen LogP contribution in [-0.2, 0) is 14.0 Å². The molecule has 68 valence electrons. The van der Waals surface area contributed by atoms with Crippen molar-refractivity contribution in [3.8, 4) is 0 Å². The highest BCUT2D eigenvalue weighted by Gasteiger charge is 2.09. The van der Waals surface area contributed by atoms with E-state index in [0.717, 1.165) is 0 Å². The molecule has 6 heteroatoms. The Kier molecular flexibility index (Phi) is 4.99. The van der Waals surface area contributed by atoms with Crippen molar-refractivity contribution in [3.63, 3.8) is 0 Å². The monoisotopic (exact) mass is 201 g/mol. The summed E-state index contributed by atoms with van der Waals surface area (Å²) in [6.07, 6.45) is 0. The molecule has 0 saturated heterocycles. The van der Waals surface area contributed by atoms with Crippen molar-refractivity contribution in [2.24, 2.45) is 0 Å². The van der Waals surface area contributed by atoms with Gasteiger partial charge >= 0.3 is 0 Å². The zero-order valence-electron chi connectivity index (χ0n) is 6.50. The van der Waals surface area contributed by atoms with Gasteiger partial charge in [-0.1, -0.05) is 0 Å². The highest BCUT2D eigenvalue weighted by Crippen LogP contribution is 1.93. The first-order valence-corrected chi connectivity index (χ1v) is 5.56. The molecule has 1 unspecified atom stereocenters. The number of halogens is 1. The Morgan fingerprint density at radius 3 is 2.55 bits per heavy atom. The summed E-state index contributed by atoms with van der Waals surface area (Å²) in [6, 6.07) is -0.280. The molecule has 1 N–H and O–H groups in total. The van der Waals surface area contributed by atoms with Gasteiger partial charge in [-0.25, -0.2) is 0 Å². The number of ether oxygens (including phenoxy) is 1.